The van der Waals surface area contributed by atoms with Crippen molar-refractivity contribution in [3.8, 4) is 23.0 Å². The van der Waals surface area contributed by atoms with Crippen LogP contribution in [0.2, 0.25) is 0 Å². The van der Waals surface area contributed by atoms with Gasteiger partial charge in [0.05, 0.1) is 0 Å². The Labute approximate surface area is 316 Å². The molecule has 0 aliphatic rings. The summed E-state index contributed by atoms with van der Waals surface area (Å²) in [4.78, 5) is 0. The summed E-state index contributed by atoms with van der Waals surface area (Å²) in [7, 11) is -7.82. The molecule has 4 aromatic rings. The van der Waals surface area contributed by atoms with E-state index in [0.29, 0.717) is 23.0 Å². The maximum atomic E-state index is 14.6. The molecule has 0 aliphatic carbocycles. The van der Waals surface area contributed by atoms with Gasteiger partial charge in [-0.1, -0.05) is 98.8 Å². The summed E-state index contributed by atoms with van der Waals surface area (Å²) in [6, 6.07) is 26.5. The topological polar surface area (TPSA) is 77.5 Å². The average Bonchev–Trinajstić information content (AvgIpc) is 3.12. The third kappa shape index (κ3) is 9.90. The maximum Gasteiger partial charge on any atom is 0.516 e. The zero-order valence-electron chi connectivity index (χ0n) is 31.8. The zero-order valence-corrected chi connectivity index (χ0v) is 33.6. The van der Waals surface area contributed by atoms with Crippen molar-refractivity contribution in [2.45, 2.75) is 47.0 Å². The van der Waals surface area contributed by atoms with E-state index < -0.39 is 20.9 Å². The summed E-state index contributed by atoms with van der Waals surface area (Å²) in [5.41, 5.74) is 4.92. The Balaban J connectivity index is 1.60. The molecule has 0 saturated carbocycles. The molecule has 280 valence electrons. The molecule has 0 bridgehead atoms. The number of aryl methyl sites for hydroxylation is 4. The minimum Gasteiger partial charge on any atom is -0.404 e. The van der Waals surface area contributed by atoms with Crippen LogP contribution in [0.25, 0.3) is 0 Å². The van der Waals surface area contributed by atoms with E-state index >= 15 is 0 Å². The van der Waals surface area contributed by atoms with Crippen molar-refractivity contribution in [3.63, 3.8) is 0 Å². The second kappa shape index (κ2) is 18.0. The second-order valence-electron chi connectivity index (χ2n) is 13.3. The van der Waals surface area contributed by atoms with E-state index in [1.165, 1.54) is 0 Å². The third-order valence-corrected chi connectivity index (χ3v) is 12.6. The Morgan fingerprint density at radius 1 is 0.509 bits per heavy atom. The van der Waals surface area contributed by atoms with Gasteiger partial charge >= 0.3 is 15.5 Å². The second-order valence-corrected chi connectivity index (χ2v) is 17.1. The molecular formula is C43H52N2O6P2. The monoisotopic (exact) mass is 754 g/mol. The molecule has 0 fully saturated rings. The van der Waals surface area contributed by atoms with Crippen LogP contribution in [0.15, 0.2) is 136 Å². The summed E-state index contributed by atoms with van der Waals surface area (Å²) in [5.74, 6) is 1.82. The van der Waals surface area contributed by atoms with E-state index in [4.69, 9.17) is 18.1 Å². The minimum absolute atomic E-state index is 0.271. The summed E-state index contributed by atoms with van der Waals surface area (Å²) >= 11 is 0. The quantitative estimate of drug-likeness (QED) is 0.0652. The fourth-order valence-corrected chi connectivity index (χ4v) is 9.44. The van der Waals surface area contributed by atoms with E-state index in [1.54, 1.807) is 57.9 Å². The van der Waals surface area contributed by atoms with Crippen molar-refractivity contribution in [3.05, 3.63) is 169 Å². The standard InChI is InChI=1S/C43H52N2O6P2/c1-11-29-44(30-12-2)52(46,50-41-33(5)17-15-18-34(41)6)48-39-25-21-37(22-26-39)43(9,10)38-23-27-40(28-24-38)49-53(47,45(31-13-3)32-14-4)51-42-35(7)19-16-20-36(42)8/h11-28H,1-4,29-32H2,5-10H3. The van der Waals surface area contributed by atoms with E-state index in [2.05, 4.69) is 40.2 Å². The van der Waals surface area contributed by atoms with Crippen LogP contribution in [0.4, 0.5) is 0 Å². The molecule has 2 unspecified atom stereocenters. The van der Waals surface area contributed by atoms with Gasteiger partial charge in [0.1, 0.15) is 23.0 Å². The summed E-state index contributed by atoms with van der Waals surface area (Å²) in [6.07, 6.45) is 6.63. The van der Waals surface area contributed by atoms with Crippen molar-refractivity contribution in [1.29, 1.82) is 0 Å². The fourth-order valence-electron chi connectivity index (χ4n) is 5.83. The lowest BCUT2D eigenvalue weighted by Crippen LogP contribution is -2.27. The molecule has 10 heteroatoms. The highest BCUT2D eigenvalue weighted by molar-refractivity contribution is 7.52. The molecule has 0 amide bonds. The normalized spacial score (nSPS) is 13.7. The highest BCUT2D eigenvalue weighted by Crippen LogP contribution is 2.54. The first kappa shape index (κ1) is 41.2. The molecule has 0 radical (unpaired) electrons. The smallest absolute Gasteiger partial charge is 0.404 e. The van der Waals surface area contributed by atoms with Gasteiger partial charge in [0, 0.05) is 31.6 Å². The van der Waals surface area contributed by atoms with Gasteiger partial charge in [0.15, 0.2) is 0 Å². The lowest BCUT2D eigenvalue weighted by atomic mass is 9.78. The predicted molar refractivity (Wildman–Crippen MR) is 219 cm³/mol. The number of para-hydroxylation sites is 2. The van der Waals surface area contributed by atoms with E-state index in [9.17, 15) is 9.13 Å². The highest BCUT2D eigenvalue weighted by Gasteiger charge is 2.38. The van der Waals surface area contributed by atoms with Gasteiger partial charge in [-0.15, -0.1) is 26.3 Å². The van der Waals surface area contributed by atoms with Crippen LogP contribution >= 0.6 is 15.5 Å². The van der Waals surface area contributed by atoms with Crippen molar-refractivity contribution in [1.82, 2.24) is 9.34 Å². The van der Waals surface area contributed by atoms with Gasteiger partial charge < -0.3 is 18.1 Å². The van der Waals surface area contributed by atoms with Crippen LogP contribution in [-0.2, 0) is 14.5 Å². The highest BCUT2D eigenvalue weighted by atomic mass is 31.2. The maximum absolute atomic E-state index is 14.6. The number of hydrogen-bond donors (Lipinski definition) is 0. The molecule has 0 saturated heterocycles. The number of nitrogens with zero attached hydrogens (tertiary/aromatic N) is 2. The summed E-state index contributed by atoms with van der Waals surface area (Å²) in [6.45, 7) is 28.3. The van der Waals surface area contributed by atoms with Crippen molar-refractivity contribution < 1.29 is 27.2 Å². The van der Waals surface area contributed by atoms with Crippen LogP contribution < -0.4 is 18.1 Å². The molecule has 0 aliphatic heterocycles. The molecule has 53 heavy (non-hydrogen) atoms. The summed E-state index contributed by atoms with van der Waals surface area (Å²) < 4.78 is 57.2. The first-order valence-corrected chi connectivity index (χ1v) is 20.5. The Hall–Kier alpha value is -4.58. The van der Waals surface area contributed by atoms with Crippen LogP contribution in [0.5, 0.6) is 23.0 Å². The van der Waals surface area contributed by atoms with E-state index in [1.807, 2.05) is 88.4 Å². The van der Waals surface area contributed by atoms with Crippen LogP contribution in [0.1, 0.15) is 47.2 Å². The lowest BCUT2D eigenvalue weighted by Gasteiger charge is -2.31. The van der Waals surface area contributed by atoms with Gasteiger partial charge in [-0.25, -0.2) is 9.13 Å². The van der Waals surface area contributed by atoms with Gasteiger partial charge in [-0.05, 0) is 85.3 Å². The van der Waals surface area contributed by atoms with Gasteiger partial charge in [-0.3, -0.25) is 0 Å². The van der Waals surface area contributed by atoms with E-state index in [0.717, 1.165) is 33.4 Å². The van der Waals surface area contributed by atoms with Crippen molar-refractivity contribution >= 4 is 15.5 Å². The van der Waals surface area contributed by atoms with Crippen LogP contribution in [-0.4, -0.2) is 35.5 Å². The predicted octanol–water partition coefficient (Wildman–Crippen LogP) is 11.7. The molecule has 4 rings (SSSR count). The Morgan fingerprint density at radius 3 is 1.06 bits per heavy atom. The lowest BCUT2D eigenvalue weighted by molar-refractivity contribution is 0.303. The van der Waals surface area contributed by atoms with Crippen LogP contribution in [0, 0.1) is 27.7 Å². The third-order valence-electron chi connectivity index (χ3n) is 8.88. The Kier molecular flexibility index (Phi) is 14.0. The number of benzene rings is 4. The van der Waals surface area contributed by atoms with Crippen molar-refractivity contribution in [2.24, 2.45) is 0 Å². The Bertz CT molecular complexity index is 1800. The SMILES string of the molecule is C=CCN(CC=C)P(=O)(Oc1ccc(C(C)(C)c2ccc(OP(=O)(Oc3c(C)cccc3C)N(CC=C)CC=C)cc2)cc1)Oc1c(C)cccc1C. The first-order valence-electron chi connectivity index (χ1n) is 17.5. The van der Waals surface area contributed by atoms with Crippen molar-refractivity contribution in [2.75, 3.05) is 26.2 Å². The minimum atomic E-state index is -3.91. The molecule has 4 aromatic carbocycles. The van der Waals surface area contributed by atoms with Crippen LogP contribution in [0.3, 0.4) is 0 Å². The first-order chi connectivity index (χ1) is 25.2. The van der Waals surface area contributed by atoms with Gasteiger partial charge in [0.25, 0.3) is 0 Å². The molecule has 0 aromatic heterocycles. The largest absolute Gasteiger partial charge is 0.516 e. The number of rotatable bonds is 20. The molecular weight excluding hydrogens is 702 g/mol. The zero-order chi connectivity index (χ0) is 38.8. The fraction of sp³-hybridized carbons (Fsp3) is 0.256. The van der Waals surface area contributed by atoms with E-state index in [-0.39, 0.29) is 26.2 Å². The van der Waals surface area contributed by atoms with Gasteiger partial charge in [-0.2, -0.15) is 9.34 Å². The molecule has 0 spiro atoms. The average molecular weight is 755 g/mol. The number of hydrogen-bond acceptors (Lipinski definition) is 6. The van der Waals surface area contributed by atoms with Gasteiger partial charge in [0.2, 0.25) is 0 Å². The molecule has 2 atom stereocenters. The molecule has 8 nitrogen and oxygen atoms in total. The Morgan fingerprint density at radius 2 is 0.792 bits per heavy atom. The summed E-state index contributed by atoms with van der Waals surface area (Å²) in [5, 5.41) is 0. The molecule has 0 heterocycles. The molecule has 0 N–H and O–H groups in total.